The van der Waals surface area contributed by atoms with Gasteiger partial charge in [0.1, 0.15) is 11.6 Å². The van der Waals surface area contributed by atoms with E-state index in [1.54, 1.807) is 16.0 Å². The summed E-state index contributed by atoms with van der Waals surface area (Å²) >= 11 is 1.68. The molecule has 0 aliphatic heterocycles. The normalized spacial score (nSPS) is 11.5. The van der Waals surface area contributed by atoms with Crippen LogP contribution in [0.25, 0.3) is 38.1 Å². The summed E-state index contributed by atoms with van der Waals surface area (Å²) in [4.78, 5) is 25.3. The number of rotatable bonds is 4. The van der Waals surface area contributed by atoms with Crippen molar-refractivity contribution in [2.45, 2.75) is 6.92 Å². The molecule has 0 fully saturated rings. The van der Waals surface area contributed by atoms with Crippen molar-refractivity contribution in [3.63, 3.8) is 0 Å². The minimum atomic E-state index is -0.193. The minimum Gasteiger partial charge on any atom is -0.383 e. The zero-order valence-corrected chi connectivity index (χ0v) is 17.9. The van der Waals surface area contributed by atoms with Crippen LogP contribution in [0.15, 0.2) is 66.2 Å². The van der Waals surface area contributed by atoms with Gasteiger partial charge in [-0.2, -0.15) is 5.10 Å². The highest BCUT2D eigenvalue weighted by Gasteiger charge is 2.20. The van der Waals surface area contributed by atoms with Gasteiger partial charge in [0.05, 0.1) is 34.2 Å². The van der Waals surface area contributed by atoms with Crippen LogP contribution in [0.3, 0.4) is 0 Å². The highest BCUT2D eigenvalue weighted by molar-refractivity contribution is 7.13. The summed E-state index contributed by atoms with van der Waals surface area (Å²) in [7, 11) is 0. The molecule has 6 rings (SSSR count). The summed E-state index contributed by atoms with van der Waals surface area (Å²) in [5, 5.41) is 7.39. The monoisotopic (exact) mass is 438 g/mol. The molecule has 4 aromatic heterocycles. The average molecular weight is 439 g/mol. The third-order valence-corrected chi connectivity index (χ3v) is 6.47. The van der Waals surface area contributed by atoms with E-state index in [1.165, 1.54) is 11.1 Å². The molecular weight excluding hydrogens is 420 g/mol. The van der Waals surface area contributed by atoms with Gasteiger partial charge < -0.3 is 15.7 Å². The van der Waals surface area contributed by atoms with Crippen LogP contribution in [0.2, 0.25) is 0 Å². The SMILES string of the molecule is Cc1nc2ccc(-n3ncc(C(=O)c4cc5ccc(-c6cccs6)cc5[nH]4)c3N)cc2[nH]1. The van der Waals surface area contributed by atoms with E-state index in [4.69, 9.17) is 5.73 Å². The lowest BCUT2D eigenvalue weighted by atomic mass is 10.1. The van der Waals surface area contributed by atoms with Crippen LogP contribution >= 0.6 is 11.3 Å². The molecule has 0 saturated carbocycles. The van der Waals surface area contributed by atoms with Gasteiger partial charge in [0, 0.05) is 15.8 Å². The molecule has 0 amide bonds. The molecule has 6 aromatic rings. The van der Waals surface area contributed by atoms with Crippen LogP contribution in [0.1, 0.15) is 21.9 Å². The number of hydrogen-bond acceptors (Lipinski definition) is 5. The van der Waals surface area contributed by atoms with E-state index in [2.05, 4.69) is 43.6 Å². The van der Waals surface area contributed by atoms with E-state index in [-0.39, 0.29) is 5.78 Å². The largest absolute Gasteiger partial charge is 0.383 e. The first kappa shape index (κ1) is 18.6. The van der Waals surface area contributed by atoms with Crippen LogP contribution in [-0.4, -0.2) is 30.5 Å². The zero-order valence-electron chi connectivity index (χ0n) is 17.1. The fourth-order valence-corrected chi connectivity index (χ4v) is 4.71. The zero-order chi connectivity index (χ0) is 21.8. The molecule has 0 spiro atoms. The summed E-state index contributed by atoms with van der Waals surface area (Å²) in [6, 6.07) is 17.8. The molecule has 4 N–H and O–H groups in total. The van der Waals surface area contributed by atoms with E-state index >= 15 is 0 Å². The fraction of sp³-hybridized carbons (Fsp3) is 0.0417. The predicted octanol–water partition coefficient (Wildman–Crippen LogP) is 5.08. The number of aryl methyl sites for hydroxylation is 1. The molecule has 0 atom stereocenters. The van der Waals surface area contributed by atoms with E-state index in [9.17, 15) is 4.79 Å². The van der Waals surface area contributed by atoms with Crippen molar-refractivity contribution in [2.24, 2.45) is 0 Å². The topological polar surface area (TPSA) is 105 Å². The Bertz CT molecular complexity index is 1620. The number of imidazole rings is 1. The number of aromatic nitrogens is 5. The average Bonchev–Trinajstić information content (AvgIpc) is 3.57. The molecule has 2 aromatic carbocycles. The maximum absolute atomic E-state index is 13.2. The molecule has 0 saturated heterocycles. The van der Waals surface area contributed by atoms with E-state index in [1.807, 2.05) is 43.3 Å². The maximum Gasteiger partial charge on any atom is 0.214 e. The Balaban J connectivity index is 1.36. The first-order valence-corrected chi connectivity index (χ1v) is 11.0. The van der Waals surface area contributed by atoms with Gasteiger partial charge in [-0.25, -0.2) is 9.67 Å². The number of ketones is 1. The van der Waals surface area contributed by atoms with Crippen molar-refractivity contribution in [3.05, 3.63) is 83.3 Å². The Hall–Kier alpha value is -4.17. The summed E-state index contributed by atoms with van der Waals surface area (Å²) < 4.78 is 1.57. The van der Waals surface area contributed by atoms with Gasteiger partial charge >= 0.3 is 0 Å². The second-order valence-electron chi connectivity index (χ2n) is 7.67. The van der Waals surface area contributed by atoms with Gasteiger partial charge in [-0.1, -0.05) is 18.2 Å². The van der Waals surface area contributed by atoms with Gasteiger partial charge in [-0.3, -0.25) is 4.79 Å². The molecule has 0 unspecified atom stereocenters. The number of fused-ring (bicyclic) bond motifs is 2. The maximum atomic E-state index is 13.2. The Morgan fingerprint density at radius 1 is 1.06 bits per heavy atom. The number of H-pyrrole nitrogens is 2. The van der Waals surface area contributed by atoms with Crippen molar-refractivity contribution < 1.29 is 4.79 Å². The van der Waals surface area contributed by atoms with Crippen LogP contribution in [0.4, 0.5) is 5.82 Å². The lowest BCUT2D eigenvalue weighted by Gasteiger charge is -2.05. The number of nitrogens with one attached hydrogen (secondary N) is 2. The minimum absolute atomic E-state index is 0.193. The Morgan fingerprint density at radius 2 is 1.97 bits per heavy atom. The second kappa shape index (κ2) is 6.93. The third-order valence-electron chi connectivity index (χ3n) is 5.55. The lowest BCUT2D eigenvalue weighted by Crippen LogP contribution is -2.07. The molecule has 7 nitrogen and oxygen atoms in total. The summed E-state index contributed by atoms with van der Waals surface area (Å²) in [6.45, 7) is 1.91. The first-order chi connectivity index (χ1) is 15.6. The summed E-state index contributed by atoms with van der Waals surface area (Å²) in [6.07, 6.45) is 1.52. The highest BCUT2D eigenvalue weighted by atomic mass is 32.1. The summed E-state index contributed by atoms with van der Waals surface area (Å²) in [5.41, 5.74) is 11.7. The van der Waals surface area contributed by atoms with Gasteiger partial charge in [0.2, 0.25) is 5.78 Å². The molecule has 32 heavy (non-hydrogen) atoms. The lowest BCUT2D eigenvalue weighted by molar-refractivity contribution is 0.103. The number of nitrogens with two attached hydrogens (primary N) is 1. The Kier molecular flexibility index (Phi) is 4.02. The number of carbonyl (C=O) groups is 1. The molecule has 156 valence electrons. The Morgan fingerprint density at radius 3 is 2.81 bits per heavy atom. The number of hydrogen-bond donors (Lipinski definition) is 3. The molecule has 0 bridgehead atoms. The molecule has 0 radical (unpaired) electrons. The smallest absolute Gasteiger partial charge is 0.214 e. The van der Waals surface area contributed by atoms with Gasteiger partial charge in [-0.15, -0.1) is 11.3 Å². The van der Waals surface area contributed by atoms with Crippen molar-refractivity contribution >= 4 is 44.9 Å². The quantitative estimate of drug-likeness (QED) is 0.334. The van der Waals surface area contributed by atoms with E-state index in [0.29, 0.717) is 17.1 Å². The molecule has 4 heterocycles. The van der Waals surface area contributed by atoms with E-state index in [0.717, 1.165) is 39.0 Å². The molecule has 0 aliphatic rings. The van der Waals surface area contributed by atoms with Gasteiger partial charge in [0.15, 0.2) is 0 Å². The number of anilines is 1. The molecular formula is C24H18N6OS. The van der Waals surface area contributed by atoms with Crippen LogP contribution in [-0.2, 0) is 0 Å². The van der Waals surface area contributed by atoms with Crippen LogP contribution in [0, 0.1) is 6.92 Å². The number of nitrogen functional groups attached to an aromatic ring is 1. The molecule has 0 aliphatic carbocycles. The van der Waals surface area contributed by atoms with Crippen molar-refractivity contribution in [3.8, 4) is 16.1 Å². The number of aromatic amines is 2. The van der Waals surface area contributed by atoms with Gasteiger partial charge in [0.25, 0.3) is 0 Å². The number of thiophene rings is 1. The second-order valence-corrected chi connectivity index (χ2v) is 8.62. The van der Waals surface area contributed by atoms with Crippen molar-refractivity contribution in [1.82, 2.24) is 24.7 Å². The fourth-order valence-electron chi connectivity index (χ4n) is 3.99. The van der Waals surface area contributed by atoms with Crippen molar-refractivity contribution in [2.75, 3.05) is 5.73 Å². The summed E-state index contributed by atoms with van der Waals surface area (Å²) in [5.74, 6) is 0.937. The van der Waals surface area contributed by atoms with Crippen LogP contribution in [0.5, 0.6) is 0 Å². The van der Waals surface area contributed by atoms with Crippen molar-refractivity contribution in [1.29, 1.82) is 0 Å². The number of benzene rings is 2. The highest BCUT2D eigenvalue weighted by Crippen LogP contribution is 2.29. The Labute approximate surface area is 186 Å². The number of nitrogens with zero attached hydrogens (tertiary/aromatic N) is 3. The standard InChI is InChI=1S/C24H18N6OS/c1-13-27-18-7-6-16(11-20(18)28-13)30-24(25)17(12-26-30)23(31)21-9-14-4-5-15(10-19(14)29-21)22-3-2-8-32-22/h2-12,29H,25H2,1H3,(H,27,28). The third kappa shape index (κ3) is 2.92. The molecule has 8 heteroatoms. The number of carbonyl (C=O) groups excluding carboxylic acids is 1. The first-order valence-electron chi connectivity index (χ1n) is 10.1. The van der Waals surface area contributed by atoms with Crippen LogP contribution < -0.4 is 5.73 Å². The predicted molar refractivity (Wildman–Crippen MR) is 127 cm³/mol. The van der Waals surface area contributed by atoms with E-state index < -0.39 is 0 Å². The van der Waals surface area contributed by atoms with Gasteiger partial charge in [-0.05, 0) is 54.3 Å².